The van der Waals surface area contributed by atoms with Crippen LogP contribution in [0.15, 0.2) is 79.0 Å². The molecule has 4 aromatic rings. The molecule has 3 heterocycles. The number of methoxy groups -OCH3 is 1. The Morgan fingerprint density at radius 1 is 0.971 bits per heavy atom. The molecule has 1 saturated heterocycles. The van der Waals surface area contributed by atoms with Gasteiger partial charge in [0.2, 0.25) is 0 Å². The van der Waals surface area contributed by atoms with Crippen LogP contribution >= 0.6 is 12.2 Å². The molecule has 0 spiro atoms. The van der Waals surface area contributed by atoms with E-state index in [-0.39, 0.29) is 17.9 Å². The first-order chi connectivity index (χ1) is 16.5. The normalized spacial score (nSPS) is 17.6. The first kappa shape index (κ1) is 22.1. The number of halogens is 1. The molecule has 1 aliphatic heterocycles. The van der Waals surface area contributed by atoms with Gasteiger partial charge in [0.25, 0.3) is 0 Å². The highest BCUT2D eigenvalue weighted by atomic mass is 32.1. The number of rotatable bonds is 5. The van der Waals surface area contributed by atoms with Crippen LogP contribution in [-0.4, -0.2) is 21.8 Å². The van der Waals surface area contributed by atoms with Crippen molar-refractivity contribution in [3.05, 3.63) is 107 Å². The Balaban J connectivity index is 1.67. The lowest BCUT2D eigenvalue weighted by molar-refractivity contribution is 0.414. The fraction of sp³-hybridized carbons (Fsp3) is 0.185. The standard InChI is InChI=1S/C27H25FN4OS/c1-17-15-23(18(2)31(17)21-7-6-8-22(16-21)33-3)26-25(24-9-4-5-14-29-24)30-27(34)32(26)20-12-10-19(28)11-13-20/h4-16,25-26H,1-3H3,(H,30,34)/t25-,26+/m1/s1. The van der Waals surface area contributed by atoms with Crippen molar-refractivity contribution < 1.29 is 9.13 Å². The molecule has 1 fully saturated rings. The molecule has 172 valence electrons. The highest BCUT2D eigenvalue weighted by molar-refractivity contribution is 7.80. The summed E-state index contributed by atoms with van der Waals surface area (Å²) in [5, 5.41) is 4.05. The van der Waals surface area contributed by atoms with E-state index in [2.05, 4.69) is 45.7 Å². The molecule has 0 radical (unpaired) electrons. The Morgan fingerprint density at radius 3 is 2.47 bits per heavy atom. The molecule has 1 aliphatic rings. The largest absolute Gasteiger partial charge is 0.497 e. The summed E-state index contributed by atoms with van der Waals surface area (Å²) in [7, 11) is 1.67. The molecule has 5 nitrogen and oxygen atoms in total. The van der Waals surface area contributed by atoms with Crippen molar-refractivity contribution in [2.45, 2.75) is 25.9 Å². The number of pyridine rings is 1. The predicted molar refractivity (Wildman–Crippen MR) is 136 cm³/mol. The minimum atomic E-state index is -0.282. The fourth-order valence-electron chi connectivity index (χ4n) is 4.78. The quantitative estimate of drug-likeness (QED) is 0.371. The van der Waals surface area contributed by atoms with Crippen LogP contribution in [0.3, 0.4) is 0 Å². The molecule has 0 bridgehead atoms. The average molecular weight is 473 g/mol. The molecular formula is C27H25FN4OS. The van der Waals surface area contributed by atoms with Gasteiger partial charge < -0.3 is 19.5 Å². The second kappa shape index (κ2) is 8.91. The number of thiocarbonyl (C=S) groups is 1. The van der Waals surface area contributed by atoms with E-state index in [0.717, 1.165) is 39.8 Å². The number of benzene rings is 2. The SMILES string of the molecule is COc1cccc(-n2c(C)cc([C@H]3[C@@H](c4ccccn4)NC(=S)N3c3ccc(F)cc3)c2C)c1. The lowest BCUT2D eigenvalue weighted by Gasteiger charge is -2.28. The zero-order chi connectivity index (χ0) is 23.8. The lowest BCUT2D eigenvalue weighted by Crippen LogP contribution is -2.29. The van der Waals surface area contributed by atoms with Crippen LogP contribution in [0.5, 0.6) is 5.75 Å². The van der Waals surface area contributed by atoms with E-state index in [1.54, 1.807) is 25.4 Å². The highest BCUT2D eigenvalue weighted by Crippen LogP contribution is 2.43. The maximum atomic E-state index is 13.7. The topological polar surface area (TPSA) is 42.3 Å². The van der Waals surface area contributed by atoms with Gasteiger partial charge in [-0.15, -0.1) is 0 Å². The van der Waals surface area contributed by atoms with E-state index in [9.17, 15) is 4.39 Å². The summed E-state index contributed by atoms with van der Waals surface area (Å²) in [6, 6.07) is 22.2. The first-order valence-electron chi connectivity index (χ1n) is 11.1. The summed E-state index contributed by atoms with van der Waals surface area (Å²) in [5.74, 6) is 0.519. The Morgan fingerprint density at radius 2 is 1.76 bits per heavy atom. The van der Waals surface area contributed by atoms with Crippen molar-refractivity contribution in [2.75, 3.05) is 12.0 Å². The van der Waals surface area contributed by atoms with Gasteiger partial charge in [0.05, 0.1) is 24.9 Å². The van der Waals surface area contributed by atoms with E-state index >= 15 is 0 Å². The van der Waals surface area contributed by atoms with Gasteiger partial charge in [0.15, 0.2) is 5.11 Å². The fourth-order valence-corrected chi connectivity index (χ4v) is 5.13. The molecule has 0 unspecified atom stereocenters. The molecule has 2 atom stereocenters. The molecule has 0 amide bonds. The average Bonchev–Trinajstić information content (AvgIpc) is 3.35. The third kappa shape index (κ3) is 3.82. The third-order valence-corrected chi connectivity index (χ3v) is 6.62. The van der Waals surface area contributed by atoms with Gasteiger partial charge in [-0.2, -0.15) is 0 Å². The molecular weight excluding hydrogens is 447 g/mol. The summed E-state index contributed by atoms with van der Waals surface area (Å²) in [4.78, 5) is 6.68. The van der Waals surface area contributed by atoms with Gasteiger partial charge in [-0.05, 0) is 86.2 Å². The van der Waals surface area contributed by atoms with E-state index in [1.165, 1.54) is 12.1 Å². The van der Waals surface area contributed by atoms with Gasteiger partial charge >= 0.3 is 0 Å². The summed E-state index contributed by atoms with van der Waals surface area (Å²) < 4.78 is 21.4. The van der Waals surface area contributed by atoms with Crippen LogP contribution in [0.25, 0.3) is 5.69 Å². The molecule has 34 heavy (non-hydrogen) atoms. The highest BCUT2D eigenvalue weighted by Gasteiger charge is 2.42. The Labute approximate surface area is 203 Å². The number of hydrogen-bond donors (Lipinski definition) is 1. The zero-order valence-electron chi connectivity index (χ0n) is 19.2. The third-order valence-electron chi connectivity index (χ3n) is 6.30. The maximum absolute atomic E-state index is 13.7. The van der Waals surface area contributed by atoms with Gasteiger partial charge in [0.1, 0.15) is 11.6 Å². The van der Waals surface area contributed by atoms with Crippen LogP contribution < -0.4 is 15.0 Å². The van der Waals surface area contributed by atoms with Gasteiger partial charge in [0, 0.05) is 35.0 Å². The summed E-state index contributed by atoms with van der Waals surface area (Å²) in [6.45, 7) is 4.20. The second-order valence-electron chi connectivity index (χ2n) is 8.34. The zero-order valence-corrected chi connectivity index (χ0v) is 20.0. The van der Waals surface area contributed by atoms with Crippen LogP contribution in [-0.2, 0) is 0 Å². The van der Waals surface area contributed by atoms with Crippen molar-refractivity contribution in [3.63, 3.8) is 0 Å². The van der Waals surface area contributed by atoms with E-state index in [4.69, 9.17) is 17.0 Å². The number of nitrogens with zero attached hydrogens (tertiary/aromatic N) is 3. The maximum Gasteiger partial charge on any atom is 0.174 e. The second-order valence-corrected chi connectivity index (χ2v) is 8.72. The molecule has 5 rings (SSSR count). The minimum Gasteiger partial charge on any atom is -0.497 e. The minimum absolute atomic E-state index is 0.168. The monoisotopic (exact) mass is 472 g/mol. The van der Waals surface area contributed by atoms with E-state index in [1.807, 2.05) is 36.4 Å². The van der Waals surface area contributed by atoms with Gasteiger partial charge in [-0.1, -0.05) is 12.1 Å². The van der Waals surface area contributed by atoms with Crippen LogP contribution in [0.4, 0.5) is 10.1 Å². The smallest absolute Gasteiger partial charge is 0.174 e. The molecule has 0 aliphatic carbocycles. The van der Waals surface area contributed by atoms with Crippen LogP contribution in [0.2, 0.25) is 0 Å². The van der Waals surface area contributed by atoms with E-state index in [0.29, 0.717) is 5.11 Å². The molecule has 2 aromatic carbocycles. The molecule has 0 saturated carbocycles. The molecule has 1 N–H and O–H groups in total. The summed E-state index contributed by atoms with van der Waals surface area (Å²) in [6.07, 6.45) is 1.79. The van der Waals surface area contributed by atoms with Crippen molar-refractivity contribution >= 4 is 23.0 Å². The van der Waals surface area contributed by atoms with Crippen molar-refractivity contribution in [1.29, 1.82) is 0 Å². The van der Waals surface area contributed by atoms with Crippen molar-refractivity contribution in [1.82, 2.24) is 14.9 Å². The van der Waals surface area contributed by atoms with Crippen LogP contribution in [0, 0.1) is 19.7 Å². The number of ether oxygens (including phenoxy) is 1. The predicted octanol–water partition coefficient (Wildman–Crippen LogP) is 5.81. The van der Waals surface area contributed by atoms with Gasteiger partial charge in [-0.25, -0.2) is 4.39 Å². The van der Waals surface area contributed by atoms with Crippen molar-refractivity contribution in [2.24, 2.45) is 0 Å². The number of nitrogens with one attached hydrogen (secondary N) is 1. The van der Waals surface area contributed by atoms with Gasteiger partial charge in [-0.3, -0.25) is 4.98 Å². The number of hydrogen-bond acceptors (Lipinski definition) is 3. The molecule has 2 aromatic heterocycles. The molecule has 7 heteroatoms. The Bertz CT molecular complexity index is 1340. The summed E-state index contributed by atoms with van der Waals surface area (Å²) in [5.41, 5.74) is 6.05. The lowest BCUT2D eigenvalue weighted by atomic mass is 9.96. The number of aromatic nitrogens is 2. The van der Waals surface area contributed by atoms with Crippen molar-refractivity contribution in [3.8, 4) is 11.4 Å². The summed E-state index contributed by atoms with van der Waals surface area (Å²) >= 11 is 5.79. The number of aryl methyl sites for hydroxylation is 1. The Kier molecular flexibility index (Phi) is 5.79. The number of anilines is 1. The van der Waals surface area contributed by atoms with Crippen LogP contribution in [0.1, 0.15) is 34.7 Å². The first-order valence-corrected chi connectivity index (χ1v) is 11.5. The van der Waals surface area contributed by atoms with E-state index < -0.39 is 0 Å². The Hall–Kier alpha value is -3.71.